The number of aliphatic hydroxyl groups is 1. The van der Waals surface area contributed by atoms with Gasteiger partial charge in [0.1, 0.15) is 0 Å². The zero-order chi connectivity index (χ0) is 13.0. The first-order valence-corrected chi connectivity index (χ1v) is 6.92. The van der Waals surface area contributed by atoms with Crippen molar-refractivity contribution in [1.29, 1.82) is 0 Å². The molecule has 0 bridgehead atoms. The lowest BCUT2D eigenvalue weighted by molar-refractivity contribution is 0.229. The van der Waals surface area contributed by atoms with E-state index in [0.717, 1.165) is 17.8 Å². The Morgan fingerprint density at radius 2 is 2.06 bits per heavy atom. The van der Waals surface area contributed by atoms with Crippen molar-refractivity contribution >= 4 is 5.69 Å². The standard InChI is InChI=1S/C15H24N2O/c1-3-17-8-6-14(7-9-17)16-15-5-4-12(2)10-13(15)11-18/h4-5,10,14,16,18H,3,6-9,11H2,1-2H3. The molecule has 1 fully saturated rings. The summed E-state index contributed by atoms with van der Waals surface area (Å²) in [4.78, 5) is 2.49. The number of hydrogen-bond acceptors (Lipinski definition) is 3. The molecule has 1 aromatic rings. The van der Waals surface area contributed by atoms with Crippen LogP contribution in [-0.4, -0.2) is 35.7 Å². The Morgan fingerprint density at radius 3 is 2.67 bits per heavy atom. The largest absolute Gasteiger partial charge is 0.392 e. The average Bonchev–Trinajstić information content (AvgIpc) is 2.41. The SMILES string of the molecule is CCN1CCC(Nc2ccc(C)cc2CO)CC1. The quantitative estimate of drug-likeness (QED) is 0.859. The molecule has 0 aliphatic carbocycles. The van der Waals surface area contributed by atoms with E-state index in [4.69, 9.17) is 0 Å². The first kappa shape index (κ1) is 13.4. The summed E-state index contributed by atoms with van der Waals surface area (Å²) in [7, 11) is 0. The second-order valence-electron chi connectivity index (χ2n) is 5.17. The Balaban J connectivity index is 1.97. The number of hydrogen-bond donors (Lipinski definition) is 2. The molecule has 2 rings (SSSR count). The molecular weight excluding hydrogens is 224 g/mol. The van der Waals surface area contributed by atoms with Crippen LogP contribution in [0.3, 0.4) is 0 Å². The molecule has 0 radical (unpaired) electrons. The van der Waals surface area contributed by atoms with Crippen LogP contribution < -0.4 is 5.32 Å². The lowest BCUT2D eigenvalue weighted by Gasteiger charge is -2.32. The number of aryl methyl sites for hydroxylation is 1. The molecule has 0 atom stereocenters. The molecule has 3 heteroatoms. The highest BCUT2D eigenvalue weighted by molar-refractivity contribution is 5.53. The number of nitrogens with zero attached hydrogens (tertiary/aromatic N) is 1. The maximum atomic E-state index is 9.40. The summed E-state index contributed by atoms with van der Waals surface area (Å²) in [6, 6.07) is 6.79. The topological polar surface area (TPSA) is 35.5 Å². The molecule has 0 amide bonds. The van der Waals surface area contributed by atoms with Crippen LogP contribution in [0.5, 0.6) is 0 Å². The van der Waals surface area contributed by atoms with Crippen molar-refractivity contribution in [2.45, 2.75) is 39.3 Å². The summed E-state index contributed by atoms with van der Waals surface area (Å²) in [6.45, 7) is 7.89. The summed E-state index contributed by atoms with van der Waals surface area (Å²) >= 11 is 0. The zero-order valence-corrected chi connectivity index (χ0v) is 11.4. The number of likely N-dealkylation sites (tertiary alicyclic amines) is 1. The number of piperidine rings is 1. The van der Waals surface area contributed by atoms with E-state index in [0.29, 0.717) is 6.04 Å². The van der Waals surface area contributed by atoms with Crippen molar-refractivity contribution in [3.63, 3.8) is 0 Å². The molecule has 1 saturated heterocycles. The predicted octanol–water partition coefficient (Wildman–Crippen LogP) is 2.38. The van der Waals surface area contributed by atoms with E-state index < -0.39 is 0 Å². The van der Waals surface area contributed by atoms with Gasteiger partial charge in [-0.3, -0.25) is 0 Å². The van der Waals surface area contributed by atoms with Crippen molar-refractivity contribution in [3.8, 4) is 0 Å². The zero-order valence-electron chi connectivity index (χ0n) is 11.4. The van der Waals surface area contributed by atoms with Crippen LogP contribution in [0.25, 0.3) is 0 Å². The van der Waals surface area contributed by atoms with E-state index in [1.165, 1.54) is 31.5 Å². The van der Waals surface area contributed by atoms with Gasteiger partial charge in [-0.15, -0.1) is 0 Å². The van der Waals surface area contributed by atoms with Gasteiger partial charge in [-0.05, 0) is 32.4 Å². The highest BCUT2D eigenvalue weighted by Crippen LogP contribution is 2.21. The number of anilines is 1. The summed E-state index contributed by atoms with van der Waals surface area (Å²) in [5, 5.41) is 13.0. The van der Waals surface area contributed by atoms with Gasteiger partial charge in [0, 0.05) is 30.4 Å². The average molecular weight is 248 g/mol. The monoisotopic (exact) mass is 248 g/mol. The third kappa shape index (κ3) is 3.24. The van der Waals surface area contributed by atoms with Gasteiger partial charge in [0.15, 0.2) is 0 Å². The minimum Gasteiger partial charge on any atom is -0.392 e. The van der Waals surface area contributed by atoms with Crippen molar-refractivity contribution in [2.75, 3.05) is 25.0 Å². The fourth-order valence-electron chi connectivity index (χ4n) is 2.61. The summed E-state index contributed by atoms with van der Waals surface area (Å²) in [6.07, 6.45) is 2.37. The van der Waals surface area contributed by atoms with Crippen molar-refractivity contribution in [1.82, 2.24) is 4.90 Å². The smallest absolute Gasteiger partial charge is 0.0702 e. The molecule has 0 spiro atoms. The highest BCUT2D eigenvalue weighted by atomic mass is 16.3. The molecule has 1 aliphatic heterocycles. The van der Waals surface area contributed by atoms with Crippen LogP contribution in [0, 0.1) is 6.92 Å². The molecule has 1 aromatic carbocycles. The van der Waals surface area contributed by atoms with E-state index in [2.05, 4.69) is 42.3 Å². The molecule has 100 valence electrons. The third-order valence-corrected chi connectivity index (χ3v) is 3.83. The lowest BCUT2D eigenvalue weighted by Crippen LogP contribution is -2.39. The second-order valence-corrected chi connectivity index (χ2v) is 5.17. The van der Waals surface area contributed by atoms with Crippen LogP contribution in [0.1, 0.15) is 30.9 Å². The molecule has 1 aliphatic rings. The molecule has 2 N–H and O–H groups in total. The van der Waals surface area contributed by atoms with Crippen LogP contribution in [0.15, 0.2) is 18.2 Å². The van der Waals surface area contributed by atoms with E-state index in [1.807, 2.05) is 0 Å². The number of benzene rings is 1. The van der Waals surface area contributed by atoms with Crippen LogP contribution >= 0.6 is 0 Å². The Kier molecular flexibility index (Phi) is 4.61. The summed E-state index contributed by atoms with van der Waals surface area (Å²) in [5.74, 6) is 0. The molecular formula is C15H24N2O. The number of aliphatic hydroxyl groups excluding tert-OH is 1. The van der Waals surface area contributed by atoms with E-state index in [1.54, 1.807) is 0 Å². The van der Waals surface area contributed by atoms with E-state index in [-0.39, 0.29) is 6.61 Å². The minimum atomic E-state index is 0.109. The lowest BCUT2D eigenvalue weighted by atomic mass is 10.0. The molecule has 18 heavy (non-hydrogen) atoms. The maximum absolute atomic E-state index is 9.40. The van der Waals surface area contributed by atoms with Crippen molar-refractivity contribution < 1.29 is 5.11 Å². The summed E-state index contributed by atoms with van der Waals surface area (Å²) in [5.41, 5.74) is 3.30. The Hall–Kier alpha value is -1.06. The second kappa shape index (κ2) is 6.21. The Labute approximate surface area is 110 Å². The summed E-state index contributed by atoms with van der Waals surface area (Å²) < 4.78 is 0. The van der Waals surface area contributed by atoms with Gasteiger partial charge in [-0.2, -0.15) is 0 Å². The van der Waals surface area contributed by atoms with Gasteiger partial charge in [-0.25, -0.2) is 0 Å². The number of rotatable bonds is 4. The van der Waals surface area contributed by atoms with E-state index >= 15 is 0 Å². The predicted molar refractivity (Wildman–Crippen MR) is 75.9 cm³/mol. The molecule has 1 heterocycles. The van der Waals surface area contributed by atoms with Crippen LogP contribution in [-0.2, 0) is 6.61 Å². The first-order chi connectivity index (χ1) is 8.72. The van der Waals surface area contributed by atoms with Crippen LogP contribution in [0.2, 0.25) is 0 Å². The van der Waals surface area contributed by atoms with E-state index in [9.17, 15) is 5.11 Å². The number of nitrogens with one attached hydrogen (secondary N) is 1. The van der Waals surface area contributed by atoms with Crippen LogP contribution in [0.4, 0.5) is 5.69 Å². The third-order valence-electron chi connectivity index (χ3n) is 3.83. The molecule has 0 saturated carbocycles. The first-order valence-electron chi connectivity index (χ1n) is 6.92. The minimum absolute atomic E-state index is 0.109. The fraction of sp³-hybridized carbons (Fsp3) is 0.600. The molecule has 0 unspecified atom stereocenters. The Bertz CT molecular complexity index is 384. The van der Waals surface area contributed by atoms with Crippen molar-refractivity contribution in [3.05, 3.63) is 29.3 Å². The molecule has 0 aromatic heterocycles. The fourth-order valence-corrected chi connectivity index (χ4v) is 2.61. The normalized spacial score (nSPS) is 17.9. The maximum Gasteiger partial charge on any atom is 0.0702 e. The van der Waals surface area contributed by atoms with Gasteiger partial charge < -0.3 is 15.3 Å². The van der Waals surface area contributed by atoms with Gasteiger partial charge in [0.25, 0.3) is 0 Å². The highest BCUT2D eigenvalue weighted by Gasteiger charge is 2.18. The van der Waals surface area contributed by atoms with Gasteiger partial charge in [0.2, 0.25) is 0 Å². The van der Waals surface area contributed by atoms with Crippen molar-refractivity contribution in [2.24, 2.45) is 0 Å². The van der Waals surface area contributed by atoms with Gasteiger partial charge in [-0.1, -0.05) is 24.6 Å². The Morgan fingerprint density at radius 1 is 1.33 bits per heavy atom. The van der Waals surface area contributed by atoms with Gasteiger partial charge >= 0.3 is 0 Å². The molecule has 3 nitrogen and oxygen atoms in total. The van der Waals surface area contributed by atoms with Gasteiger partial charge in [0.05, 0.1) is 6.61 Å².